The van der Waals surface area contributed by atoms with Gasteiger partial charge in [-0.05, 0) is 36.4 Å². The zero-order valence-electron chi connectivity index (χ0n) is 20.8. The van der Waals surface area contributed by atoms with Crippen molar-refractivity contribution < 1.29 is 33.6 Å². The Bertz CT molecular complexity index is 1310. The topological polar surface area (TPSA) is 141 Å². The van der Waals surface area contributed by atoms with E-state index in [2.05, 4.69) is 10.6 Å². The Morgan fingerprint density at radius 1 is 1.05 bits per heavy atom. The van der Waals surface area contributed by atoms with Crippen LogP contribution in [0.5, 0.6) is 17.2 Å². The number of carbonyl (C=O) groups is 2. The Kier molecular flexibility index (Phi) is 8.68. The van der Waals surface area contributed by atoms with E-state index < -0.39 is 18.1 Å². The number of rotatable bonds is 10. The summed E-state index contributed by atoms with van der Waals surface area (Å²) >= 11 is 0. The highest BCUT2D eigenvalue weighted by Crippen LogP contribution is 2.36. The molecule has 0 spiro atoms. The van der Waals surface area contributed by atoms with Crippen LogP contribution in [0.4, 0.5) is 21.9 Å². The molecule has 1 heterocycles. The minimum atomic E-state index is -0.829. The van der Waals surface area contributed by atoms with Crippen LogP contribution >= 0.6 is 0 Å². The van der Waals surface area contributed by atoms with Gasteiger partial charge in [0.1, 0.15) is 18.5 Å². The molecule has 0 aromatic heterocycles. The lowest BCUT2D eigenvalue weighted by molar-refractivity contribution is -0.111. The fourth-order valence-electron chi connectivity index (χ4n) is 3.82. The molecule has 1 aliphatic rings. The van der Waals surface area contributed by atoms with Gasteiger partial charge in [0.2, 0.25) is 12.7 Å². The second-order valence-electron chi connectivity index (χ2n) is 8.42. The van der Waals surface area contributed by atoms with Crippen LogP contribution in [0.1, 0.15) is 18.6 Å². The first-order valence-corrected chi connectivity index (χ1v) is 12.0. The highest BCUT2D eigenvalue weighted by molar-refractivity contribution is 6.01. The van der Waals surface area contributed by atoms with Crippen molar-refractivity contribution in [2.24, 2.45) is 5.92 Å². The second kappa shape index (κ2) is 12.5. The molecule has 0 fully saturated rings. The summed E-state index contributed by atoms with van der Waals surface area (Å²) < 4.78 is 22.2. The number of amides is 2. The normalized spacial score (nSPS) is 13.5. The average molecular weight is 520 g/mol. The first kappa shape index (κ1) is 26.4. The summed E-state index contributed by atoms with van der Waals surface area (Å²) in [4.78, 5) is 25.5. The van der Waals surface area contributed by atoms with E-state index in [4.69, 9.17) is 24.7 Å². The van der Waals surface area contributed by atoms with Gasteiger partial charge in [0.15, 0.2) is 11.5 Å². The van der Waals surface area contributed by atoms with E-state index in [1.165, 1.54) is 6.08 Å². The molecule has 0 radical (unpaired) electrons. The molecule has 38 heavy (non-hydrogen) atoms. The number of aliphatic hydroxyl groups excluding tert-OH is 1. The molecule has 0 saturated heterocycles. The molecule has 3 aromatic carbocycles. The molecular weight excluding hydrogens is 490 g/mol. The van der Waals surface area contributed by atoms with Gasteiger partial charge in [-0.15, -0.1) is 0 Å². The van der Waals surface area contributed by atoms with Crippen molar-refractivity contribution in [3.63, 3.8) is 0 Å². The number of hydrogen-bond donors (Lipinski definition) is 4. The summed E-state index contributed by atoms with van der Waals surface area (Å²) in [5.74, 6) is 0.720. The molecule has 4 rings (SSSR count). The summed E-state index contributed by atoms with van der Waals surface area (Å²) in [6.45, 7) is 1.81. The van der Waals surface area contributed by atoms with Crippen molar-refractivity contribution in [1.82, 2.24) is 0 Å². The van der Waals surface area contributed by atoms with Gasteiger partial charge in [-0.1, -0.05) is 43.3 Å². The SMILES string of the molecule is C[C@H](/C=C/C(=O)Nc1ccccc1N)[C@@H](OC(=O)Nc1ccc2c(c1)OCO2)c1ccccc1OCCO. The Labute approximate surface area is 220 Å². The maximum absolute atomic E-state index is 12.9. The molecule has 3 aromatic rings. The van der Waals surface area contributed by atoms with E-state index >= 15 is 0 Å². The van der Waals surface area contributed by atoms with Crippen LogP contribution in [-0.4, -0.2) is 37.1 Å². The van der Waals surface area contributed by atoms with Crippen LogP contribution in [0.15, 0.2) is 78.9 Å². The van der Waals surface area contributed by atoms with Gasteiger partial charge in [0.25, 0.3) is 0 Å². The largest absolute Gasteiger partial charge is 0.491 e. The predicted molar refractivity (Wildman–Crippen MR) is 142 cm³/mol. The van der Waals surface area contributed by atoms with Crippen LogP contribution < -0.4 is 30.6 Å². The average Bonchev–Trinajstić information content (AvgIpc) is 3.39. The van der Waals surface area contributed by atoms with Gasteiger partial charge in [-0.2, -0.15) is 0 Å². The Morgan fingerprint density at radius 3 is 2.63 bits per heavy atom. The van der Waals surface area contributed by atoms with Crippen LogP contribution in [-0.2, 0) is 9.53 Å². The van der Waals surface area contributed by atoms with Crippen molar-refractivity contribution in [2.75, 3.05) is 36.4 Å². The van der Waals surface area contributed by atoms with Gasteiger partial charge in [0, 0.05) is 23.2 Å². The fourth-order valence-corrected chi connectivity index (χ4v) is 3.82. The summed E-state index contributed by atoms with van der Waals surface area (Å²) in [6, 6.07) is 19.0. The Morgan fingerprint density at radius 2 is 1.82 bits per heavy atom. The van der Waals surface area contributed by atoms with Gasteiger partial charge >= 0.3 is 6.09 Å². The molecule has 5 N–H and O–H groups in total. The number of nitrogens with two attached hydrogens (primary N) is 1. The third-order valence-corrected chi connectivity index (χ3v) is 5.67. The lowest BCUT2D eigenvalue weighted by Crippen LogP contribution is -2.22. The smallest absolute Gasteiger partial charge is 0.412 e. The van der Waals surface area contributed by atoms with Gasteiger partial charge in [-0.25, -0.2) is 4.79 Å². The fraction of sp³-hybridized carbons (Fsp3) is 0.214. The van der Waals surface area contributed by atoms with Crippen LogP contribution in [0.3, 0.4) is 0 Å². The number of nitrogen functional groups attached to an aromatic ring is 1. The number of fused-ring (bicyclic) bond motifs is 1. The number of para-hydroxylation sites is 3. The summed E-state index contributed by atoms with van der Waals surface area (Å²) in [7, 11) is 0. The number of carbonyl (C=O) groups excluding carboxylic acids is 2. The van der Waals surface area contributed by atoms with E-state index in [1.807, 2.05) is 6.92 Å². The van der Waals surface area contributed by atoms with E-state index in [-0.39, 0.29) is 25.9 Å². The van der Waals surface area contributed by atoms with E-state index in [1.54, 1.807) is 72.8 Å². The first-order valence-electron chi connectivity index (χ1n) is 12.0. The van der Waals surface area contributed by atoms with Crippen LogP contribution in [0.25, 0.3) is 0 Å². The number of aliphatic hydroxyl groups is 1. The van der Waals surface area contributed by atoms with E-state index in [9.17, 15) is 14.7 Å². The number of benzene rings is 3. The molecule has 10 heteroatoms. The molecule has 0 saturated carbocycles. The lowest BCUT2D eigenvalue weighted by atomic mass is 9.95. The molecule has 2 atom stereocenters. The molecule has 1 aliphatic heterocycles. The number of nitrogens with one attached hydrogen (secondary N) is 2. The third-order valence-electron chi connectivity index (χ3n) is 5.67. The Hall–Kier alpha value is -4.70. The monoisotopic (exact) mass is 519 g/mol. The van der Waals surface area contributed by atoms with Crippen molar-refractivity contribution in [3.05, 3.63) is 84.4 Å². The molecule has 0 bridgehead atoms. The van der Waals surface area contributed by atoms with E-state index in [0.29, 0.717) is 39.9 Å². The van der Waals surface area contributed by atoms with Crippen molar-refractivity contribution in [1.29, 1.82) is 0 Å². The van der Waals surface area contributed by atoms with Crippen molar-refractivity contribution in [3.8, 4) is 17.2 Å². The first-order chi connectivity index (χ1) is 18.4. The predicted octanol–water partition coefficient (Wildman–Crippen LogP) is 4.49. The van der Waals surface area contributed by atoms with Crippen LogP contribution in [0.2, 0.25) is 0 Å². The summed E-state index contributed by atoms with van der Waals surface area (Å²) in [6.07, 6.45) is 1.45. The van der Waals surface area contributed by atoms with Gasteiger partial charge in [0.05, 0.1) is 18.0 Å². The number of hydrogen-bond acceptors (Lipinski definition) is 8. The standard InChI is InChI=1S/C28H29N3O7/c1-18(10-13-26(33)31-22-8-4-3-7-21(22)29)27(20-6-2-5-9-23(20)35-15-14-32)38-28(34)30-19-11-12-24-25(16-19)37-17-36-24/h2-13,16,18,27,32H,14-15,17,29H2,1H3,(H,30,34)(H,31,33)/b13-10+/t18-,27-/m1/s1. The zero-order valence-corrected chi connectivity index (χ0v) is 20.8. The highest BCUT2D eigenvalue weighted by Gasteiger charge is 2.26. The second-order valence-corrected chi connectivity index (χ2v) is 8.42. The summed E-state index contributed by atoms with van der Waals surface area (Å²) in [5.41, 5.74) is 7.88. The molecule has 10 nitrogen and oxygen atoms in total. The maximum Gasteiger partial charge on any atom is 0.412 e. The molecule has 0 aliphatic carbocycles. The van der Waals surface area contributed by atoms with Crippen molar-refractivity contribution in [2.45, 2.75) is 13.0 Å². The third kappa shape index (κ3) is 6.74. The van der Waals surface area contributed by atoms with Crippen molar-refractivity contribution >= 4 is 29.1 Å². The summed E-state index contributed by atoms with van der Waals surface area (Å²) in [5, 5.41) is 14.7. The minimum Gasteiger partial charge on any atom is -0.491 e. The van der Waals surface area contributed by atoms with Crippen LogP contribution in [0, 0.1) is 5.92 Å². The van der Waals surface area contributed by atoms with E-state index in [0.717, 1.165) is 0 Å². The Balaban J connectivity index is 1.52. The lowest BCUT2D eigenvalue weighted by Gasteiger charge is -2.25. The maximum atomic E-state index is 12.9. The van der Waals surface area contributed by atoms with Gasteiger partial charge in [-0.3, -0.25) is 10.1 Å². The van der Waals surface area contributed by atoms with Gasteiger partial charge < -0.3 is 35.1 Å². The molecule has 198 valence electrons. The molecular formula is C28H29N3O7. The molecule has 2 amide bonds. The number of ether oxygens (including phenoxy) is 4. The highest BCUT2D eigenvalue weighted by atomic mass is 16.7. The quantitative estimate of drug-likeness (QED) is 0.227. The molecule has 0 unspecified atom stereocenters. The minimum absolute atomic E-state index is 0.0677. The number of anilines is 3. The zero-order chi connectivity index (χ0) is 26.9.